The minimum Gasteiger partial charge on any atom is -0.309 e. The van der Waals surface area contributed by atoms with Crippen LogP contribution in [0, 0.1) is 0 Å². The second-order valence-electron chi connectivity index (χ2n) is 5.96. The molecule has 0 saturated carbocycles. The van der Waals surface area contributed by atoms with Crippen LogP contribution in [-0.4, -0.2) is 11.5 Å². The highest BCUT2D eigenvalue weighted by Gasteiger charge is 2.14. The van der Waals surface area contributed by atoms with Crippen LogP contribution in [0.4, 0.5) is 0 Å². The van der Waals surface area contributed by atoms with Crippen LogP contribution in [0.5, 0.6) is 0 Å². The molecule has 0 radical (unpaired) electrons. The summed E-state index contributed by atoms with van der Waals surface area (Å²) in [6.45, 7) is 7.81. The fourth-order valence-corrected chi connectivity index (χ4v) is 2.85. The molecule has 1 aromatic rings. The molecule has 0 bridgehead atoms. The van der Waals surface area contributed by atoms with E-state index in [1.54, 1.807) is 0 Å². The molecule has 1 heterocycles. The van der Waals surface area contributed by atoms with E-state index in [-0.39, 0.29) is 0 Å². The molecule has 1 unspecified atom stereocenters. The molecule has 1 rings (SSSR count). The fraction of sp³-hybridized carbons (Fsp3) is 0.737. The van der Waals surface area contributed by atoms with E-state index in [2.05, 4.69) is 43.2 Å². The maximum Gasteiger partial charge on any atom is 0.0604 e. The third-order valence-electron chi connectivity index (χ3n) is 4.12. The lowest BCUT2D eigenvalue weighted by Crippen LogP contribution is -2.24. The first-order valence-electron chi connectivity index (χ1n) is 9.00. The van der Waals surface area contributed by atoms with E-state index in [1.165, 1.54) is 62.6 Å². The summed E-state index contributed by atoms with van der Waals surface area (Å²) in [4.78, 5) is 4.67. The van der Waals surface area contributed by atoms with E-state index >= 15 is 0 Å². The molecule has 0 saturated heterocycles. The smallest absolute Gasteiger partial charge is 0.0604 e. The molecule has 1 N–H and O–H groups in total. The maximum atomic E-state index is 4.67. The number of rotatable bonds is 12. The van der Waals surface area contributed by atoms with Crippen molar-refractivity contribution < 1.29 is 0 Å². The van der Waals surface area contributed by atoms with Crippen molar-refractivity contribution >= 4 is 0 Å². The van der Waals surface area contributed by atoms with E-state index in [9.17, 15) is 0 Å². The topological polar surface area (TPSA) is 24.9 Å². The first kappa shape index (κ1) is 18.2. The molecule has 21 heavy (non-hydrogen) atoms. The standard InChI is InChI=1S/C19H34N2/c1-4-7-8-9-10-11-14-18(20-15-5-2)19-17(6-3)13-12-16-21-19/h12-13,16,18,20H,4-11,14-15H2,1-3H3. The number of aryl methyl sites for hydroxylation is 1. The van der Waals surface area contributed by atoms with Crippen LogP contribution in [0.15, 0.2) is 18.3 Å². The summed E-state index contributed by atoms with van der Waals surface area (Å²) in [6, 6.07) is 4.72. The summed E-state index contributed by atoms with van der Waals surface area (Å²) in [5.74, 6) is 0. The van der Waals surface area contributed by atoms with Crippen molar-refractivity contribution in [1.29, 1.82) is 0 Å². The molecule has 1 atom stereocenters. The molecule has 0 aliphatic rings. The van der Waals surface area contributed by atoms with Crippen molar-refractivity contribution in [3.63, 3.8) is 0 Å². The van der Waals surface area contributed by atoms with Gasteiger partial charge in [0.1, 0.15) is 0 Å². The van der Waals surface area contributed by atoms with Gasteiger partial charge in [0.2, 0.25) is 0 Å². The quantitative estimate of drug-likeness (QED) is 0.519. The minimum absolute atomic E-state index is 0.437. The monoisotopic (exact) mass is 290 g/mol. The van der Waals surface area contributed by atoms with Gasteiger partial charge < -0.3 is 5.32 Å². The average molecular weight is 290 g/mol. The lowest BCUT2D eigenvalue weighted by Gasteiger charge is -2.20. The Balaban J connectivity index is 2.51. The largest absolute Gasteiger partial charge is 0.309 e. The minimum atomic E-state index is 0.437. The summed E-state index contributed by atoms with van der Waals surface area (Å²) in [5.41, 5.74) is 2.68. The number of hydrogen-bond donors (Lipinski definition) is 1. The van der Waals surface area contributed by atoms with Gasteiger partial charge in [-0.3, -0.25) is 4.98 Å². The van der Waals surface area contributed by atoms with Crippen LogP contribution >= 0.6 is 0 Å². The highest BCUT2D eigenvalue weighted by molar-refractivity contribution is 5.22. The molecule has 120 valence electrons. The zero-order valence-electron chi connectivity index (χ0n) is 14.3. The highest BCUT2D eigenvalue weighted by atomic mass is 14.9. The summed E-state index contributed by atoms with van der Waals surface area (Å²) >= 11 is 0. The number of hydrogen-bond acceptors (Lipinski definition) is 2. The highest BCUT2D eigenvalue weighted by Crippen LogP contribution is 2.22. The third-order valence-corrected chi connectivity index (χ3v) is 4.12. The second kappa shape index (κ2) is 11.7. The SMILES string of the molecule is CCCCCCCCC(NCCC)c1ncccc1CC. The van der Waals surface area contributed by atoms with Gasteiger partial charge in [0.05, 0.1) is 5.69 Å². The Hall–Kier alpha value is -0.890. The van der Waals surface area contributed by atoms with Crippen LogP contribution in [0.2, 0.25) is 0 Å². The number of pyridine rings is 1. The second-order valence-corrected chi connectivity index (χ2v) is 5.96. The summed E-state index contributed by atoms with van der Waals surface area (Å²) in [5, 5.41) is 3.70. The fourth-order valence-electron chi connectivity index (χ4n) is 2.85. The third kappa shape index (κ3) is 7.08. The molecule has 1 aromatic heterocycles. The summed E-state index contributed by atoms with van der Waals surface area (Å²) in [7, 11) is 0. The molecule has 0 amide bonds. The average Bonchev–Trinajstić information content (AvgIpc) is 2.53. The normalized spacial score (nSPS) is 12.5. The Morgan fingerprint density at radius 3 is 2.48 bits per heavy atom. The summed E-state index contributed by atoms with van der Waals surface area (Å²) < 4.78 is 0. The van der Waals surface area contributed by atoms with E-state index in [0.717, 1.165) is 13.0 Å². The van der Waals surface area contributed by atoms with Gasteiger partial charge in [-0.2, -0.15) is 0 Å². The van der Waals surface area contributed by atoms with E-state index in [1.807, 2.05) is 6.20 Å². The zero-order chi connectivity index (χ0) is 15.3. The van der Waals surface area contributed by atoms with Crippen molar-refractivity contribution in [3.05, 3.63) is 29.6 Å². The van der Waals surface area contributed by atoms with Crippen molar-refractivity contribution in [3.8, 4) is 0 Å². The van der Waals surface area contributed by atoms with Crippen LogP contribution in [0.1, 0.15) is 89.4 Å². The molecule has 2 heteroatoms. The van der Waals surface area contributed by atoms with E-state index in [4.69, 9.17) is 0 Å². The zero-order valence-corrected chi connectivity index (χ0v) is 14.3. The lowest BCUT2D eigenvalue weighted by atomic mass is 9.99. The van der Waals surface area contributed by atoms with Crippen LogP contribution in [0.3, 0.4) is 0 Å². The molecule has 0 aliphatic carbocycles. The van der Waals surface area contributed by atoms with Crippen molar-refractivity contribution in [2.75, 3.05) is 6.54 Å². The Morgan fingerprint density at radius 1 is 1.00 bits per heavy atom. The number of nitrogens with one attached hydrogen (secondary N) is 1. The summed E-state index contributed by atoms with van der Waals surface area (Å²) in [6.07, 6.45) is 13.6. The van der Waals surface area contributed by atoms with Crippen molar-refractivity contribution in [2.24, 2.45) is 0 Å². The Bertz CT molecular complexity index is 362. The molecule has 0 aliphatic heterocycles. The predicted octanol–water partition coefficient (Wildman–Crippen LogP) is 5.44. The molecule has 0 spiro atoms. The van der Waals surface area contributed by atoms with E-state index < -0.39 is 0 Å². The van der Waals surface area contributed by atoms with Crippen LogP contribution in [0.25, 0.3) is 0 Å². The van der Waals surface area contributed by atoms with Gasteiger partial charge in [-0.25, -0.2) is 0 Å². The first-order valence-corrected chi connectivity index (χ1v) is 9.00. The maximum absolute atomic E-state index is 4.67. The number of aromatic nitrogens is 1. The van der Waals surface area contributed by atoms with Gasteiger partial charge in [-0.15, -0.1) is 0 Å². The molecule has 2 nitrogen and oxygen atoms in total. The van der Waals surface area contributed by atoms with Crippen LogP contribution < -0.4 is 5.32 Å². The van der Waals surface area contributed by atoms with Gasteiger partial charge in [-0.1, -0.05) is 65.4 Å². The van der Waals surface area contributed by atoms with Gasteiger partial charge in [-0.05, 0) is 37.4 Å². The van der Waals surface area contributed by atoms with Gasteiger partial charge in [0.25, 0.3) is 0 Å². The van der Waals surface area contributed by atoms with Gasteiger partial charge in [0.15, 0.2) is 0 Å². The molecular weight excluding hydrogens is 256 g/mol. The molecule has 0 aromatic carbocycles. The molecular formula is C19H34N2. The van der Waals surface area contributed by atoms with Gasteiger partial charge >= 0.3 is 0 Å². The lowest BCUT2D eigenvalue weighted by molar-refractivity contribution is 0.456. The number of unbranched alkanes of at least 4 members (excludes halogenated alkanes) is 5. The van der Waals surface area contributed by atoms with Crippen molar-refractivity contribution in [1.82, 2.24) is 10.3 Å². The van der Waals surface area contributed by atoms with E-state index in [0.29, 0.717) is 6.04 Å². The molecule has 0 fully saturated rings. The Labute approximate surface area is 131 Å². The predicted molar refractivity (Wildman–Crippen MR) is 92.6 cm³/mol. The van der Waals surface area contributed by atoms with Crippen molar-refractivity contribution in [2.45, 2.75) is 84.6 Å². The Kier molecular flexibility index (Phi) is 10.1. The number of nitrogens with zero attached hydrogens (tertiary/aromatic N) is 1. The van der Waals surface area contributed by atoms with Crippen LogP contribution in [-0.2, 0) is 6.42 Å². The van der Waals surface area contributed by atoms with Gasteiger partial charge in [0, 0.05) is 12.2 Å². The Morgan fingerprint density at radius 2 is 1.76 bits per heavy atom. The first-order chi connectivity index (χ1) is 10.3.